The quantitative estimate of drug-likeness (QED) is 0.890. The highest BCUT2D eigenvalue weighted by Gasteiger charge is 2.22. The van der Waals surface area contributed by atoms with Crippen LogP contribution in [0.25, 0.3) is 10.9 Å². The lowest BCUT2D eigenvalue weighted by Gasteiger charge is -2.29. The molecule has 1 aromatic heterocycles. The first kappa shape index (κ1) is 14.6. The minimum atomic E-state index is 0.120. The molecule has 2 atom stereocenters. The summed E-state index contributed by atoms with van der Waals surface area (Å²) < 4.78 is 3.08. The van der Waals surface area contributed by atoms with Crippen LogP contribution in [0.2, 0.25) is 0 Å². The van der Waals surface area contributed by atoms with Gasteiger partial charge in [0, 0.05) is 27.6 Å². The Morgan fingerprint density at radius 2 is 2.14 bits per heavy atom. The average Bonchev–Trinajstić information content (AvgIpc) is 2.83. The fourth-order valence-electron chi connectivity index (χ4n) is 3.25. The molecule has 1 aromatic carbocycles. The zero-order valence-electron chi connectivity index (χ0n) is 12.3. The fourth-order valence-corrected chi connectivity index (χ4v) is 3.63. The minimum absolute atomic E-state index is 0.120. The molecule has 21 heavy (non-hydrogen) atoms. The molecule has 1 N–H and O–H groups in total. The maximum atomic E-state index is 12.3. The van der Waals surface area contributed by atoms with E-state index in [2.05, 4.69) is 46.4 Å². The fraction of sp³-hybridized carbons (Fsp3) is 0.471. The summed E-state index contributed by atoms with van der Waals surface area (Å²) in [6.07, 6.45) is 6.86. The number of benzene rings is 1. The smallest absolute Gasteiger partial charge is 0.240 e. The summed E-state index contributed by atoms with van der Waals surface area (Å²) in [6.45, 7) is 2.64. The lowest BCUT2D eigenvalue weighted by molar-refractivity contribution is -0.122. The molecule has 1 aliphatic carbocycles. The van der Waals surface area contributed by atoms with E-state index in [0.29, 0.717) is 18.5 Å². The van der Waals surface area contributed by atoms with E-state index in [1.165, 1.54) is 19.3 Å². The van der Waals surface area contributed by atoms with E-state index in [9.17, 15) is 4.79 Å². The van der Waals surface area contributed by atoms with Crippen LogP contribution in [0.5, 0.6) is 0 Å². The Balaban J connectivity index is 1.68. The molecule has 0 spiro atoms. The number of rotatable bonds is 3. The Morgan fingerprint density at radius 1 is 1.33 bits per heavy atom. The predicted octanol–water partition coefficient (Wildman–Crippen LogP) is 4.10. The second-order valence-corrected chi connectivity index (χ2v) is 7.00. The monoisotopic (exact) mass is 348 g/mol. The van der Waals surface area contributed by atoms with Gasteiger partial charge in [0.1, 0.15) is 6.54 Å². The van der Waals surface area contributed by atoms with Crippen LogP contribution >= 0.6 is 15.9 Å². The Bertz CT molecular complexity index is 649. The zero-order valence-corrected chi connectivity index (χ0v) is 13.9. The molecule has 0 bridgehead atoms. The second-order valence-electron chi connectivity index (χ2n) is 6.08. The Kier molecular flexibility index (Phi) is 4.34. The normalized spacial score (nSPS) is 22.4. The number of aromatic nitrogens is 1. The highest BCUT2D eigenvalue weighted by Crippen LogP contribution is 2.24. The Hall–Kier alpha value is -1.29. The number of hydrogen-bond acceptors (Lipinski definition) is 1. The summed E-state index contributed by atoms with van der Waals surface area (Å²) in [4.78, 5) is 12.3. The standard InChI is InChI=1S/C17H21BrN2O/c1-12-4-2-3-5-15(12)19-17(21)11-20-9-8-13-10-14(18)6-7-16(13)20/h6-10,12,15H,2-5,11H2,1H3,(H,19,21)/t12-,15+/m0/s1. The largest absolute Gasteiger partial charge is 0.352 e. The molecule has 112 valence electrons. The van der Waals surface area contributed by atoms with Gasteiger partial charge in [0.2, 0.25) is 5.91 Å². The van der Waals surface area contributed by atoms with E-state index >= 15 is 0 Å². The number of nitrogens with one attached hydrogen (secondary N) is 1. The lowest BCUT2D eigenvalue weighted by Crippen LogP contribution is -2.42. The van der Waals surface area contributed by atoms with Gasteiger partial charge in [0.25, 0.3) is 0 Å². The predicted molar refractivity (Wildman–Crippen MR) is 89.2 cm³/mol. The van der Waals surface area contributed by atoms with Crippen LogP contribution in [0, 0.1) is 5.92 Å². The van der Waals surface area contributed by atoms with Crippen molar-refractivity contribution >= 4 is 32.7 Å². The summed E-state index contributed by atoms with van der Waals surface area (Å²) in [7, 11) is 0. The molecule has 1 fully saturated rings. The summed E-state index contributed by atoms with van der Waals surface area (Å²) in [5, 5.41) is 4.37. The Morgan fingerprint density at radius 3 is 2.95 bits per heavy atom. The van der Waals surface area contributed by atoms with Crippen molar-refractivity contribution in [2.45, 2.75) is 45.2 Å². The van der Waals surface area contributed by atoms with E-state index in [1.807, 2.05) is 16.8 Å². The third kappa shape index (κ3) is 3.31. The van der Waals surface area contributed by atoms with E-state index in [4.69, 9.17) is 0 Å². The van der Waals surface area contributed by atoms with E-state index in [1.54, 1.807) is 0 Å². The minimum Gasteiger partial charge on any atom is -0.352 e. The summed E-state index contributed by atoms with van der Waals surface area (Å²) in [5.41, 5.74) is 1.10. The molecule has 0 unspecified atom stereocenters. The van der Waals surface area contributed by atoms with Gasteiger partial charge in [-0.15, -0.1) is 0 Å². The molecular weight excluding hydrogens is 328 g/mol. The SMILES string of the molecule is C[C@H]1CCCC[C@H]1NC(=O)Cn1ccc2cc(Br)ccc21. The maximum Gasteiger partial charge on any atom is 0.240 e. The van der Waals surface area contributed by atoms with Gasteiger partial charge in [-0.1, -0.05) is 35.7 Å². The van der Waals surface area contributed by atoms with Gasteiger partial charge in [-0.05, 0) is 43.0 Å². The van der Waals surface area contributed by atoms with E-state index in [0.717, 1.165) is 21.8 Å². The van der Waals surface area contributed by atoms with Gasteiger partial charge in [-0.2, -0.15) is 0 Å². The van der Waals surface area contributed by atoms with Gasteiger partial charge in [-0.25, -0.2) is 0 Å². The molecule has 1 saturated carbocycles. The van der Waals surface area contributed by atoms with Gasteiger partial charge >= 0.3 is 0 Å². The number of carbonyl (C=O) groups is 1. The van der Waals surface area contributed by atoms with Crippen molar-refractivity contribution in [2.75, 3.05) is 0 Å². The van der Waals surface area contributed by atoms with Crippen molar-refractivity contribution in [2.24, 2.45) is 5.92 Å². The highest BCUT2D eigenvalue weighted by atomic mass is 79.9. The third-order valence-electron chi connectivity index (χ3n) is 4.50. The number of nitrogens with zero attached hydrogens (tertiary/aromatic N) is 1. The first-order valence-electron chi connectivity index (χ1n) is 7.67. The molecule has 0 aliphatic heterocycles. The van der Waals surface area contributed by atoms with Crippen LogP contribution in [0.1, 0.15) is 32.6 Å². The summed E-state index contributed by atoms with van der Waals surface area (Å²) >= 11 is 3.48. The van der Waals surface area contributed by atoms with Crippen LogP contribution in [0.4, 0.5) is 0 Å². The van der Waals surface area contributed by atoms with E-state index in [-0.39, 0.29) is 5.91 Å². The molecule has 1 heterocycles. The van der Waals surface area contributed by atoms with Crippen LogP contribution in [-0.4, -0.2) is 16.5 Å². The highest BCUT2D eigenvalue weighted by molar-refractivity contribution is 9.10. The first-order chi connectivity index (χ1) is 10.1. The van der Waals surface area contributed by atoms with Crippen molar-refractivity contribution in [3.05, 3.63) is 34.9 Å². The van der Waals surface area contributed by atoms with Crippen LogP contribution < -0.4 is 5.32 Å². The van der Waals surface area contributed by atoms with Gasteiger partial charge in [-0.3, -0.25) is 4.79 Å². The van der Waals surface area contributed by atoms with Gasteiger partial charge in [0.05, 0.1) is 0 Å². The van der Waals surface area contributed by atoms with Crippen molar-refractivity contribution in [3.63, 3.8) is 0 Å². The molecule has 1 amide bonds. The summed E-state index contributed by atoms with van der Waals surface area (Å²) in [5.74, 6) is 0.717. The zero-order chi connectivity index (χ0) is 14.8. The number of carbonyl (C=O) groups excluding carboxylic acids is 1. The van der Waals surface area contributed by atoms with Gasteiger partial charge < -0.3 is 9.88 Å². The molecule has 1 aliphatic rings. The van der Waals surface area contributed by atoms with Crippen LogP contribution in [0.15, 0.2) is 34.9 Å². The molecule has 3 nitrogen and oxygen atoms in total. The maximum absolute atomic E-state index is 12.3. The molecular formula is C17H21BrN2O. The molecule has 0 radical (unpaired) electrons. The lowest BCUT2D eigenvalue weighted by atomic mass is 9.86. The number of amides is 1. The second kappa shape index (κ2) is 6.22. The van der Waals surface area contributed by atoms with Crippen LogP contribution in [-0.2, 0) is 11.3 Å². The topological polar surface area (TPSA) is 34.0 Å². The third-order valence-corrected chi connectivity index (χ3v) is 5.00. The summed E-state index contributed by atoms with van der Waals surface area (Å²) in [6, 6.07) is 8.54. The Labute approximate surface area is 133 Å². The van der Waals surface area contributed by atoms with Gasteiger partial charge in [0.15, 0.2) is 0 Å². The molecule has 2 aromatic rings. The van der Waals surface area contributed by atoms with Crippen LogP contribution in [0.3, 0.4) is 0 Å². The number of hydrogen-bond donors (Lipinski definition) is 1. The average molecular weight is 349 g/mol. The number of halogens is 1. The molecule has 0 saturated heterocycles. The van der Waals surface area contributed by atoms with Crippen molar-refractivity contribution in [1.82, 2.24) is 9.88 Å². The van der Waals surface area contributed by atoms with E-state index < -0.39 is 0 Å². The van der Waals surface area contributed by atoms with Crippen molar-refractivity contribution in [1.29, 1.82) is 0 Å². The molecule has 4 heteroatoms. The molecule has 3 rings (SSSR count). The first-order valence-corrected chi connectivity index (χ1v) is 8.46. The number of fused-ring (bicyclic) bond motifs is 1. The van der Waals surface area contributed by atoms with Crippen molar-refractivity contribution < 1.29 is 4.79 Å². The van der Waals surface area contributed by atoms with Crippen molar-refractivity contribution in [3.8, 4) is 0 Å².